The molecule has 0 atom stereocenters. The Morgan fingerprint density at radius 3 is 2.54 bits per heavy atom. The molecule has 0 bridgehead atoms. The van der Waals surface area contributed by atoms with Gasteiger partial charge in [0, 0.05) is 20.4 Å². The van der Waals surface area contributed by atoms with Gasteiger partial charge in [0.1, 0.15) is 0 Å². The number of hydrogen-bond donors (Lipinski definition) is 0. The van der Waals surface area contributed by atoms with E-state index in [-0.39, 0.29) is 20.4 Å². The van der Waals surface area contributed by atoms with Crippen molar-refractivity contribution < 1.29 is 20.4 Å². The monoisotopic (exact) mass is 485 g/mol. The Kier molecular flexibility index (Phi) is 5.31. The first-order valence-electron chi connectivity index (χ1n) is 8.33. The Labute approximate surface area is 156 Å². The first-order chi connectivity index (χ1) is 11.4. The fourth-order valence-corrected chi connectivity index (χ4v) is 3.59. The summed E-state index contributed by atoms with van der Waals surface area (Å²) in [6.45, 7) is 0.441. The van der Waals surface area contributed by atoms with Gasteiger partial charge in [-0.25, -0.2) is 0 Å². The van der Waals surface area contributed by atoms with E-state index >= 15 is 0 Å². The molecule has 0 saturated carbocycles. The molecule has 0 fully saturated rings. The van der Waals surface area contributed by atoms with Crippen molar-refractivity contribution in [3.63, 3.8) is 0 Å². The van der Waals surface area contributed by atoms with Crippen LogP contribution in [-0.4, -0.2) is 6.54 Å². The maximum Gasteiger partial charge on any atom is 0 e. The van der Waals surface area contributed by atoms with Gasteiger partial charge in [-0.05, 0) is 63.6 Å². The molecule has 1 radical (unpaired) electrons. The number of rotatable bonds is 3. The topological polar surface area (TPSA) is 23.8 Å². The average molecular weight is 485 g/mol. The van der Waals surface area contributed by atoms with Gasteiger partial charge >= 0.3 is 0 Å². The van der Waals surface area contributed by atoms with Crippen LogP contribution in [0, 0.1) is 0 Å². The van der Waals surface area contributed by atoms with Crippen molar-refractivity contribution in [3.05, 3.63) is 81.4 Å². The molecule has 2 aliphatic rings. The Hall–Kier alpha value is -1.72. The number of fused-ring (bicyclic) bond motifs is 2. The average Bonchev–Trinajstić information content (AvgIpc) is 2.94. The summed E-state index contributed by atoms with van der Waals surface area (Å²) in [4.78, 5) is 0. The van der Waals surface area contributed by atoms with Gasteiger partial charge in [-0.2, -0.15) is 0 Å². The minimum absolute atomic E-state index is 0. The largest absolute Gasteiger partial charge is 0.677 e. The molecule has 0 unspecified atom stereocenters. The summed E-state index contributed by atoms with van der Waals surface area (Å²) in [5.41, 5.74) is 14.0. The van der Waals surface area contributed by atoms with Crippen molar-refractivity contribution in [2.75, 3.05) is 6.54 Å². The molecule has 4 rings (SSSR count). The minimum atomic E-state index is 0. The summed E-state index contributed by atoms with van der Waals surface area (Å²) in [5, 5.41) is 2.72. The van der Waals surface area contributed by atoms with E-state index in [2.05, 4.69) is 66.8 Å². The zero-order valence-electron chi connectivity index (χ0n) is 13.6. The summed E-state index contributed by atoms with van der Waals surface area (Å²) >= 11 is 0. The molecule has 0 amide bonds. The van der Waals surface area contributed by atoms with Gasteiger partial charge in [-0.3, -0.25) is 0 Å². The third-order valence-corrected chi connectivity index (χ3v) is 4.67. The number of nitrogens with one attached hydrogen (secondary N) is 1. The van der Waals surface area contributed by atoms with Crippen LogP contribution >= 0.6 is 0 Å². The van der Waals surface area contributed by atoms with Crippen LogP contribution in [-0.2, 0) is 20.4 Å². The van der Waals surface area contributed by atoms with Crippen molar-refractivity contribution in [2.24, 2.45) is 0 Å². The standard InChI is InChI=1S/C22H20N.Re/c23-13-12-18-15-19(22-11-4-3-10-21(18)22)14-17-8-5-7-16-6-1-2-9-20(16)17;/h3-11,14-15,23H,1-2,12-13H2;/q-1;/b19-14+;. The van der Waals surface area contributed by atoms with E-state index < -0.39 is 0 Å². The molecule has 2 aliphatic carbocycles. The van der Waals surface area contributed by atoms with Crippen LogP contribution in [0.15, 0.2) is 48.5 Å². The summed E-state index contributed by atoms with van der Waals surface area (Å²) in [6, 6.07) is 15.1. The van der Waals surface area contributed by atoms with Gasteiger partial charge in [-0.15, -0.1) is 6.54 Å². The van der Waals surface area contributed by atoms with E-state index in [9.17, 15) is 0 Å². The number of benzene rings is 2. The second kappa shape index (κ2) is 7.45. The van der Waals surface area contributed by atoms with E-state index in [1.54, 1.807) is 0 Å². The summed E-state index contributed by atoms with van der Waals surface area (Å²) in [5.74, 6) is 0. The molecular formula is C22H20NRe-. The van der Waals surface area contributed by atoms with E-state index in [1.165, 1.54) is 38.3 Å². The van der Waals surface area contributed by atoms with Gasteiger partial charge in [-0.1, -0.05) is 60.7 Å². The molecule has 0 spiro atoms. The fraction of sp³-hybridized carbons (Fsp3) is 0.182. The van der Waals surface area contributed by atoms with Gasteiger partial charge in [0.05, 0.1) is 0 Å². The third kappa shape index (κ3) is 3.10. The predicted molar refractivity (Wildman–Crippen MR) is 100.0 cm³/mol. The van der Waals surface area contributed by atoms with Crippen LogP contribution in [0.3, 0.4) is 0 Å². The molecule has 0 heterocycles. The van der Waals surface area contributed by atoms with Crippen molar-refractivity contribution in [1.29, 1.82) is 0 Å². The third-order valence-electron chi connectivity index (χ3n) is 4.67. The van der Waals surface area contributed by atoms with Gasteiger partial charge in [0.25, 0.3) is 0 Å². The minimum Gasteiger partial charge on any atom is -0.677 e. The van der Waals surface area contributed by atoms with Crippen molar-refractivity contribution in [1.82, 2.24) is 0 Å². The van der Waals surface area contributed by atoms with E-state index in [0.717, 1.165) is 19.3 Å². The predicted octanol–water partition coefficient (Wildman–Crippen LogP) is 4.42. The summed E-state index contributed by atoms with van der Waals surface area (Å²) in [6.07, 6.45) is 12.4. The molecule has 2 heteroatoms. The van der Waals surface area contributed by atoms with Crippen LogP contribution in [0.25, 0.3) is 35.1 Å². The van der Waals surface area contributed by atoms with Crippen molar-refractivity contribution in [3.8, 4) is 0 Å². The Morgan fingerprint density at radius 2 is 1.71 bits per heavy atom. The number of hydrogen-bond acceptors (Lipinski definition) is 0. The van der Waals surface area contributed by atoms with Gasteiger partial charge in [0.2, 0.25) is 0 Å². The Balaban J connectivity index is 0.00000169. The van der Waals surface area contributed by atoms with Crippen LogP contribution < -0.4 is 10.4 Å². The van der Waals surface area contributed by atoms with E-state index in [4.69, 9.17) is 5.73 Å². The molecule has 2 aromatic rings. The van der Waals surface area contributed by atoms with Crippen LogP contribution in [0.1, 0.15) is 36.0 Å². The Bertz CT molecular complexity index is 935. The number of allylic oxidation sites excluding steroid dienone is 2. The molecule has 2 aromatic carbocycles. The summed E-state index contributed by atoms with van der Waals surface area (Å²) in [7, 11) is 0. The smallest absolute Gasteiger partial charge is 0 e. The summed E-state index contributed by atoms with van der Waals surface area (Å²) < 4.78 is 0. The Morgan fingerprint density at radius 1 is 0.917 bits per heavy atom. The van der Waals surface area contributed by atoms with Crippen molar-refractivity contribution >= 4 is 29.4 Å². The van der Waals surface area contributed by atoms with E-state index in [1.807, 2.05) is 0 Å². The SMILES string of the molecule is [NH-]CCC1=C/C(=C\c2cccc3c2=CCCC=3)c2ccccc21.[Re]. The van der Waals surface area contributed by atoms with Gasteiger partial charge in [0.15, 0.2) is 0 Å². The normalized spacial score (nSPS) is 16.4. The van der Waals surface area contributed by atoms with E-state index in [0.29, 0.717) is 6.54 Å². The second-order valence-corrected chi connectivity index (χ2v) is 6.15. The zero-order valence-corrected chi connectivity index (χ0v) is 16.3. The molecule has 0 aromatic heterocycles. The molecule has 0 aliphatic heterocycles. The molecular weight excluding hydrogens is 464 g/mol. The maximum absolute atomic E-state index is 7.55. The quantitative estimate of drug-likeness (QED) is 0.616. The molecule has 24 heavy (non-hydrogen) atoms. The first-order valence-corrected chi connectivity index (χ1v) is 8.33. The van der Waals surface area contributed by atoms with Gasteiger partial charge < -0.3 is 5.73 Å². The van der Waals surface area contributed by atoms with Crippen LogP contribution in [0.5, 0.6) is 0 Å². The molecule has 0 saturated heterocycles. The molecule has 1 nitrogen and oxygen atoms in total. The molecule has 121 valence electrons. The zero-order chi connectivity index (χ0) is 15.6. The van der Waals surface area contributed by atoms with Crippen LogP contribution in [0.2, 0.25) is 0 Å². The first kappa shape index (κ1) is 17.1. The molecule has 1 N–H and O–H groups in total. The maximum atomic E-state index is 7.55. The fourth-order valence-electron chi connectivity index (χ4n) is 3.59. The second-order valence-electron chi connectivity index (χ2n) is 6.15. The van der Waals surface area contributed by atoms with Crippen LogP contribution in [0.4, 0.5) is 0 Å². The van der Waals surface area contributed by atoms with Crippen molar-refractivity contribution in [2.45, 2.75) is 19.3 Å².